The zero-order valence-electron chi connectivity index (χ0n) is 13.6. The molecular weight excluding hydrogens is 300 g/mol. The van der Waals surface area contributed by atoms with Gasteiger partial charge in [0.2, 0.25) is 0 Å². The quantitative estimate of drug-likeness (QED) is 0.924. The number of ether oxygens (including phenoxy) is 2. The molecule has 124 valence electrons. The van der Waals surface area contributed by atoms with E-state index in [1.807, 2.05) is 0 Å². The van der Waals surface area contributed by atoms with Crippen LogP contribution in [0.5, 0.6) is 5.75 Å². The highest BCUT2D eigenvalue weighted by Gasteiger charge is 2.27. The van der Waals surface area contributed by atoms with Gasteiger partial charge in [-0.2, -0.15) is 0 Å². The first kappa shape index (κ1) is 16.8. The number of rotatable bonds is 3. The number of anilines is 2. The van der Waals surface area contributed by atoms with Gasteiger partial charge < -0.3 is 9.47 Å². The Bertz CT molecular complexity index is 648. The fourth-order valence-electron chi connectivity index (χ4n) is 2.10. The van der Waals surface area contributed by atoms with Crippen LogP contribution in [0, 0.1) is 0 Å². The summed E-state index contributed by atoms with van der Waals surface area (Å²) in [6, 6.07) is 4.87. The molecule has 0 radical (unpaired) electrons. The summed E-state index contributed by atoms with van der Waals surface area (Å²) in [6.45, 7) is 6.55. The topological polar surface area (TPSA) is 84.9 Å². The van der Waals surface area contributed by atoms with Crippen molar-refractivity contribution in [3.8, 4) is 5.75 Å². The monoisotopic (exact) mass is 320 g/mol. The molecule has 0 fully saturated rings. The first-order valence-corrected chi connectivity index (χ1v) is 7.22. The van der Waals surface area contributed by atoms with Crippen LogP contribution < -0.4 is 15.0 Å². The Morgan fingerprint density at radius 3 is 2.65 bits per heavy atom. The van der Waals surface area contributed by atoms with Crippen molar-refractivity contribution in [2.75, 3.05) is 23.4 Å². The van der Waals surface area contributed by atoms with Crippen LogP contribution in [-0.4, -0.2) is 36.5 Å². The molecule has 0 saturated heterocycles. The maximum absolute atomic E-state index is 12.0. The molecule has 7 nitrogen and oxygen atoms in total. The Kier molecular flexibility index (Phi) is 4.58. The van der Waals surface area contributed by atoms with Crippen LogP contribution in [0.3, 0.4) is 0 Å². The number of nitrogens with one attached hydrogen (secondary N) is 1. The first-order chi connectivity index (χ1) is 10.7. The molecule has 1 aromatic rings. The normalized spacial score (nSPS) is 13.9. The van der Waals surface area contributed by atoms with Gasteiger partial charge in [-0.15, -0.1) is 0 Å². The number of benzene rings is 1. The molecule has 0 aliphatic carbocycles. The SMILES string of the molecule is CC(=O)CN1C(=O)COc2ccc(NC(=O)OC(C)(C)C)cc21. The average molecular weight is 320 g/mol. The van der Waals surface area contributed by atoms with Crippen LogP contribution in [0.15, 0.2) is 18.2 Å². The van der Waals surface area contributed by atoms with Crippen molar-refractivity contribution in [3.63, 3.8) is 0 Å². The highest BCUT2D eigenvalue weighted by Crippen LogP contribution is 2.34. The first-order valence-electron chi connectivity index (χ1n) is 7.22. The van der Waals surface area contributed by atoms with E-state index < -0.39 is 11.7 Å². The lowest BCUT2D eigenvalue weighted by atomic mass is 10.2. The van der Waals surface area contributed by atoms with Crippen LogP contribution >= 0.6 is 0 Å². The molecule has 0 aromatic heterocycles. The lowest BCUT2D eigenvalue weighted by Crippen LogP contribution is -2.41. The van der Waals surface area contributed by atoms with E-state index in [2.05, 4.69) is 5.32 Å². The summed E-state index contributed by atoms with van der Waals surface area (Å²) in [5, 5.41) is 2.60. The molecule has 0 saturated carbocycles. The van der Waals surface area contributed by atoms with Crippen LogP contribution in [0.2, 0.25) is 0 Å². The molecule has 0 unspecified atom stereocenters. The Balaban J connectivity index is 2.23. The van der Waals surface area contributed by atoms with Crippen molar-refractivity contribution < 1.29 is 23.9 Å². The zero-order valence-corrected chi connectivity index (χ0v) is 13.6. The van der Waals surface area contributed by atoms with Gasteiger partial charge in [0.25, 0.3) is 5.91 Å². The van der Waals surface area contributed by atoms with E-state index >= 15 is 0 Å². The summed E-state index contributed by atoms with van der Waals surface area (Å²) in [7, 11) is 0. The molecule has 1 aliphatic heterocycles. The summed E-state index contributed by atoms with van der Waals surface area (Å²) in [5.74, 6) is 0.0411. The van der Waals surface area contributed by atoms with E-state index in [4.69, 9.17) is 9.47 Å². The summed E-state index contributed by atoms with van der Waals surface area (Å²) in [4.78, 5) is 36.5. The van der Waals surface area contributed by atoms with Crippen LogP contribution in [0.25, 0.3) is 0 Å². The molecule has 1 aromatic carbocycles. The number of hydrogen-bond donors (Lipinski definition) is 1. The number of ketones is 1. The number of nitrogens with zero attached hydrogens (tertiary/aromatic N) is 1. The van der Waals surface area contributed by atoms with Gasteiger partial charge in [-0.05, 0) is 45.9 Å². The molecular formula is C16H20N2O5. The maximum Gasteiger partial charge on any atom is 0.412 e. The second kappa shape index (κ2) is 6.28. The molecule has 1 aliphatic rings. The van der Waals surface area contributed by atoms with E-state index in [0.717, 1.165) is 0 Å². The maximum atomic E-state index is 12.0. The number of amides is 2. The highest BCUT2D eigenvalue weighted by molar-refractivity contribution is 6.03. The minimum Gasteiger partial charge on any atom is -0.482 e. The van der Waals surface area contributed by atoms with E-state index in [0.29, 0.717) is 17.1 Å². The van der Waals surface area contributed by atoms with Crippen LogP contribution in [0.1, 0.15) is 27.7 Å². The molecule has 0 atom stereocenters. The Labute approximate surface area is 134 Å². The standard InChI is InChI=1S/C16H20N2O5/c1-10(19)8-18-12-7-11(17-15(21)23-16(2,3)4)5-6-13(12)22-9-14(18)20/h5-7H,8-9H2,1-4H3,(H,17,21). The number of carbonyl (C=O) groups excluding carboxylic acids is 3. The van der Waals surface area contributed by atoms with Crippen molar-refractivity contribution in [1.29, 1.82) is 0 Å². The summed E-state index contributed by atoms with van der Waals surface area (Å²) < 4.78 is 10.5. The third-order valence-corrected chi connectivity index (χ3v) is 2.93. The number of Topliss-reactive ketones (excluding diaryl/α,β-unsaturated/α-hetero) is 1. The van der Waals surface area contributed by atoms with E-state index in [1.165, 1.54) is 11.8 Å². The van der Waals surface area contributed by atoms with E-state index in [-0.39, 0.29) is 24.8 Å². The van der Waals surface area contributed by atoms with Crippen molar-refractivity contribution >= 4 is 29.2 Å². The largest absolute Gasteiger partial charge is 0.482 e. The smallest absolute Gasteiger partial charge is 0.412 e. The number of fused-ring (bicyclic) bond motifs is 1. The zero-order chi connectivity index (χ0) is 17.2. The van der Waals surface area contributed by atoms with Gasteiger partial charge in [0.15, 0.2) is 6.61 Å². The fraction of sp³-hybridized carbons (Fsp3) is 0.438. The van der Waals surface area contributed by atoms with Crippen molar-refractivity contribution in [3.05, 3.63) is 18.2 Å². The average Bonchev–Trinajstić information content (AvgIpc) is 2.39. The Morgan fingerprint density at radius 1 is 1.35 bits per heavy atom. The molecule has 7 heteroatoms. The Morgan fingerprint density at radius 2 is 2.04 bits per heavy atom. The highest BCUT2D eigenvalue weighted by atomic mass is 16.6. The minimum atomic E-state index is -0.613. The molecule has 0 bridgehead atoms. The summed E-state index contributed by atoms with van der Waals surface area (Å²) in [6.07, 6.45) is -0.598. The van der Waals surface area contributed by atoms with Crippen LogP contribution in [0.4, 0.5) is 16.2 Å². The van der Waals surface area contributed by atoms with Gasteiger partial charge in [0, 0.05) is 5.69 Å². The van der Waals surface area contributed by atoms with E-state index in [9.17, 15) is 14.4 Å². The van der Waals surface area contributed by atoms with Crippen molar-refractivity contribution in [2.24, 2.45) is 0 Å². The lowest BCUT2D eigenvalue weighted by molar-refractivity contribution is -0.123. The second-order valence-corrected chi connectivity index (χ2v) is 6.28. The predicted molar refractivity (Wildman–Crippen MR) is 84.8 cm³/mol. The molecule has 1 N–H and O–H groups in total. The molecule has 2 amide bonds. The van der Waals surface area contributed by atoms with Gasteiger partial charge in [-0.25, -0.2) is 4.79 Å². The number of hydrogen-bond acceptors (Lipinski definition) is 5. The molecule has 2 rings (SSSR count). The number of carbonyl (C=O) groups is 3. The molecule has 0 spiro atoms. The van der Waals surface area contributed by atoms with Gasteiger partial charge in [-0.1, -0.05) is 0 Å². The summed E-state index contributed by atoms with van der Waals surface area (Å²) >= 11 is 0. The van der Waals surface area contributed by atoms with Crippen molar-refractivity contribution in [2.45, 2.75) is 33.3 Å². The predicted octanol–water partition coefficient (Wildman–Crippen LogP) is 2.35. The third kappa shape index (κ3) is 4.45. The second-order valence-electron chi connectivity index (χ2n) is 6.28. The van der Waals surface area contributed by atoms with Gasteiger partial charge in [-0.3, -0.25) is 19.8 Å². The lowest BCUT2D eigenvalue weighted by Gasteiger charge is -2.29. The fourth-order valence-corrected chi connectivity index (χ4v) is 2.10. The molecule has 23 heavy (non-hydrogen) atoms. The molecule has 1 heterocycles. The van der Waals surface area contributed by atoms with Crippen molar-refractivity contribution in [1.82, 2.24) is 0 Å². The van der Waals surface area contributed by atoms with Crippen LogP contribution in [-0.2, 0) is 14.3 Å². The van der Waals surface area contributed by atoms with Gasteiger partial charge >= 0.3 is 6.09 Å². The Hall–Kier alpha value is -2.57. The van der Waals surface area contributed by atoms with Gasteiger partial charge in [0.05, 0.1) is 12.2 Å². The van der Waals surface area contributed by atoms with E-state index in [1.54, 1.807) is 39.0 Å². The van der Waals surface area contributed by atoms with Gasteiger partial charge in [0.1, 0.15) is 17.1 Å². The minimum absolute atomic E-state index is 0.0366. The summed E-state index contributed by atoms with van der Waals surface area (Å²) in [5.41, 5.74) is 0.285. The third-order valence-electron chi connectivity index (χ3n) is 2.93.